The molecule has 3 amide bonds. The highest BCUT2D eigenvalue weighted by Gasteiger charge is 2.40. The Hall–Kier alpha value is -3.21. The molecule has 2 saturated heterocycles. The van der Waals surface area contributed by atoms with Crippen LogP contribution in [0.15, 0.2) is 48.5 Å². The summed E-state index contributed by atoms with van der Waals surface area (Å²) in [5, 5.41) is 15.9. The number of carbonyl (C=O) groups excluding carboxylic acids is 2. The van der Waals surface area contributed by atoms with Gasteiger partial charge in [0.05, 0.1) is 51.5 Å². The zero-order chi connectivity index (χ0) is 25.5. The first-order chi connectivity index (χ1) is 17.4. The predicted octanol–water partition coefficient (Wildman–Crippen LogP) is 2.68. The van der Waals surface area contributed by atoms with Gasteiger partial charge in [-0.1, -0.05) is 24.3 Å². The summed E-state index contributed by atoms with van der Waals surface area (Å²) < 4.78 is 30.8. The Kier molecular flexibility index (Phi) is 8.74. The molecule has 2 aromatic rings. The summed E-state index contributed by atoms with van der Waals surface area (Å²) in [4.78, 5) is 27.3. The molecule has 0 aliphatic carbocycles. The summed E-state index contributed by atoms with van der Waals surface area (Å²) >= 11 is 0. The maximum atomic E-state index is 13.8. The van der Waals surface area contributed by atoms with E-state index in [1.165, 1.54) is 6.07 Å². The van der Waals surface area contributed by atoms with Crippen molar-refractivity contribution in [2.24, 2.45) is 0 Å². The second-order valence-corrected chi connectivity index (χ2v) is 9.02. The zero-order valence-electron chi connectivity index (χ0n) is 20.2. The highest BCUT2D eigenvalue weighted by Crippen LogP contribution is 2.28. The molecule has 10 heteroatoms. The van der Waals surface area contributed by atoms with Crippen LogP contribution in [0.3, 0.4) is 0 Å². The average Bonchev–Trinajstić information content (AvgIpc) is 2.86. The van der Waals surface area contributed by atoms with Crippen molar-refractivity contribution in [3.05, 3.63) is 59.9 Å². The lowest BCUT2D eigenvalue weighted by atomic mass is 9.95. The van der Waals surface area contributed by atoms with Crippen LogP contribution in [0.5, 0.6) is 5.75 Å². The summed E-state index contributed by atoms with van der Waals surface area (Å²) in [5.41, 5.74) is 0.991. The van der Waals surface area contributed by atoms with Gasteiger partial charge >= 0.3 is 6.03 Å². The Bertz CT molecular complexity index is 1050. The number of β-amino-alcohol motifs (C(OH)–C–C–N with tert-alkyl or cyclic N) is 1. The molecule has 9 nitrogen and oxygen atoms in total. The molecule has 0 unspecified atom stereocenters. The van der Waals surface area contributed by atoms with Gasteiger partial charge in [0.15, 0.2) is 0 Å². The summed E-state index contributed by atoms with van der Waals surface area (Å²) in [6.07, 6.45) is -0.389. The normalized spacial score (nSPS) is 24.1. The van der Waals surface area contributed by atoms with Crippen LogP contribution < -0.4 is 15.4 Å². The van der Waals surface area contributed by atoms with Crippen LogP contribution in [0.25, 0.3) is 0 Å². The summed E-state index contributed by atoms with van der Waals surface area (Å²) in [5.74, 6) is 0.0103. The molecular weight excluding hydrogens is 469 g/mol. The quantitative estimate of drug-likeness (QED) is 0.562. The number of benzene rings is 2. The van der Waals surface area contributed by atoms with Crippen LogP contribution >= 0.6 is 0 Å². The maximum absolute atomic E-state index is 13.8. The third-order valence-electron chi connectivity index (χ3n) is 6.41. The van der Waals surface area contributed by atoms with Gasteiger partial charge in [-0.25, -0.2) is 9.18 Å². The lowest BCUT2D eigenvalue weighted by molar-refractivity contribution is -0.149. The number of carbonyl (C=O) groups is 2. The maximum Gasteiger partial charge on any atom is 0.322 e. The number of aliphatic hydroxyl groups excluding tert-OH is 1. The monoisotopic (exact) mass is 501 g/mol. The molecule has 0 saturated carbocycles. The number of hydrogen-bond donors (Lipinski definition) is 3. The van der Waals surface area contributed by atoms with Gasteiger partial charge in [-0.3, -0.25) is 4.79 Å². The highest BCUT2D eigenvalue weighted by molar-refractivity contribution is 5.90. The van der Waals surface area contributed by atoms with E-state index < -0.39 is 12.2 Å². The molecule has 0 aromatic heterocycles. The van der Waals surface area contributed by atoms with Crippen molar-refractivity contribution in [1.29, 1.82) is 0 Å². The summed E-state index contributed by atoms with van der Waals surface area (Å²) in [6, 6.07) is 12.6. The molecule has 0 spiro atoms. The number of rotatable bonds is 6. The zero-order valence-corrected chi connectivity index (χ0v) is 20.2. The van der Waals surface area contributed by atoms with E-state index >= 15 is 0 Å². The van der Waals surface area contributed by atoms with Gasteiger partial charge in [-0.15, -0.1) is 0 Å². The fourth-order valence-corrected chi connectivity index (χ4v) is 4.59. The third kappa shape index (κ3) is 6.71. The number of anilines is 1. The van der Waals surface area contributed by atoms with E-state index in [0.717, 1.165) is 0 Å². The van der Waals surface area contributed by atoms with Crippen molar-refractivity contribution in [3.63, 3.8) is 0 Å². The third-order valence-corrected chi connectivity index (χ3v) is 6.41. The number of nitrogens with zero attached hydrogens (tertiary/aromatic N) is 1. The highest BCUT2D eigenvalue weighted by atomic mass is 19.1. The van der Waals surface area contributed by atoms with Gasteiger partial charge in [-0.05, 0) is 31.0 Å². The first-order valence-electron chi connectivity index (χ1n) is 12.1. The van der Waals surface area contributed by atoms with Crippen molar-refractivity contribution in [2.45, 2.75) is 50.2 Å². The topological polar surface area (TPSA) is 109 Å². The molecule has 4 atom stereocenters. The molecular formula is C26H32FN3O6. The van der Waals surface area contributed by atoms with E-state index in [1.54, 1.807) is 54.5 Å². The van der Waals surface area contributed by atoms with Gasteiger partial charge in [-0.2, -0.15) is 0 Å². The first kappa shape index (κ1) is 25.9. The number of fused-ring (bicyclic) bond motifs is 1. The van der Waals surface area contributed by atoms with Crippen molar-refractivity contribution in [3.8, 4) is 5.75 Å². The molecule has 3 N–H and O–H groups in total. The predicted molar refractivity (Wildman–Crippen MR) is 130 cm³/mol. The minimum absolute atomic E-state index is 0.0727. The minimum Gasteiger partial charge on any atom is -0.497 e. The molecule has 2 aliphatic rings. The Morgan fingerprint density at radius 2 is 2.00 bits per heavy atom. The lowest BCUT2D eigenvalue weighted by Gasteiger charge is -2.44. The lowest BCUT2D eigenvalue weighted by Crippen LogP contribution is -2.58. The van der Waals surface area contributed by atoms with E-state index in [2.05, 4.69) is 10.6 Å². The first-order valence-corrected chi connectivity index (χ1v) is 12.1. The fourth-order valence-electron chi connectivity index (χ4n) is 4.59. The van der Waals surface area contributed by atoms with Crippen LogP contribution in [0.4, 0.5) is 14.9 Å². The van der Waals surface area contributed by atoms with E-state index in [4.69, 9.17) is 14.2 Å². The molecule has 194 valence electrons. The van der Waals surface area contributed by atoms with Gasteiger partial charge < -0.3 is 34.9 Å². The van der Waals surface area contributed by atoms with E-state index in [1.807, 2.05) is 0 Å². The van der Waals surface area contributed by atoms with Crippen molar-refractivity contribution in [1.82, 2.24) is 10.2 Å². The number of methoxy groups -OCH3 is 1. The average molecular weight is 502 g/mol. The van der Waals surface area contributed by atoms with E-state index in [9.17, 15) is 19.1 Å². The Labute approximate surface area is 209 Å². The summed E-state index contributed by atoms with van der Waals surface area (Å²) in [6.45, 7) is 0.457. The molecule has 4 rings (SSSR count). The number of ether oxygens (including phenoxy) is 3. The number of nitrogens with one attached hydrogen (secondary N) is 2. The van der Waals surface area contributed by atoms with Crippen LogP contribution in [0.1, 0.15) is 24.8 Å². The second-order valence-electron chi connectivity index (χ2n) is 9.02. The largest absolute Gasteiger partial charge is 0.497 e. The minimum atomic E-state index is -0.830. The molecule has 2 fully saturated rings. The molecule has 0 bridgehead atoms. The molecule has 36 heavy (non-hydrogen) atoms. The Morgan fingerprint density at radius 3 is 2.81 bits per heavy atom. The fraction of sp³-hybridized carbons (Fsp3) is 0.462. The van der Waals surface area contributed by atoms with Gasteiger partial charge in [0.2, 0.25) is 5.91 Å². The van der Waals surface area contributed by atoms with Gasteiger partial charge in [0, 0.05) is 23.9 Å². The van der Waals surface area contributed by atoms with Crippen LogP contribution in [-0.2, 0) is 20.8 Å². The number of hydrogen-bond acceptors (Lipinski definition) is 6. The molecule has 2 aromatic carbocycles. The number of urea groups is 1. The van der Waals surface area contributed by atoms with Crippen molar-refractivity contribution >= 4 is 17.6 Å². The van der Waals surface area contributed by atoms with Gasteiger partial charge in [0.1, 0.15) is 17.7 Å². The van der Waals surface area contributed by atoms with Crippen molar-refractivity contribution < 1.29 is 33.3 Å². The van der Waals surface area contributed by atoms with E-state index in [-0.39, 0.29) is 62.6 Å². The SMILES string of the molecule is COc1cccc(NC(=O)N2C[C@@H](O)COC[C@@H]3O[C@@H](CC(=O)NCc4ccccc4F)CC[C@H]32)c1. The van der Waals surface area contributed by atoms with E-state index in [0.29, 0.717) is 29.8 Å². The van der Waals surface area contributed by atoms with Crippen LogP contribution in [0.2, 0.25) is 0 Å². The standard InChI is InChI=1S/C26H32FN3O6/c1-34-20-7-4-6-18(11-20)29-26(33)30-14-19(31)15-35-16-24-23(30)10-9-21(36-24)12-25(32)28-13-17-5-2-3-8-22(17)27/h2-8,11,19,21,23-24,31H,9-10,12-16H2,1H3,(H,28,32)(H,29,33)/t19-,21-,23-,24+/m1/s1. The molecule has 2 aliphatic heterocycles. The van der Waals surface area contributed by atoms with Crippen LogP contribution in [-0.4, -0.2) is 73.2 Å². The smallest absolute Gasteiger partial charge is 0.322 e. The molecule has 2 heterocycles. The van der Waals surface area contributed by atoms with Crippen molar-refractivity contribution in [2.75, 3.05) is 32.2 Å². The Morgan fingerprint density at radius 1 is 1.17 bits per heavy atom. The number of aliphatic hydroxyl groups is 1. The second kappa shape index (κ2) is 12.2. The van der Waals surface area contributed by atoms with Crippen LogP contribution in [0, 0.1) is 5.82 Å². The Balaban J connectivity index is 1.37. The number of halogens is 1. The van der Waals surface area contributed by atoms with Gasteiger partial charge in [0.25, 0.3) is 0 Å². The number of amides is 3. The summed E-state index contributed by atoms with van der Waals surface area (Å²) in [7, 11) is 1.55. The molecule has 0 radical (unpaired) electrons.